The standard InChI is InChI=1S/C23H24FNO2/c1-2-3-16-10-12-23(13-11-16,22(26)27)19-8-9-20(21(24)14-19)18-6-4-17(15-25)5-7-18/h4-9,14,16H,2-3,10-13H2,1H3,(H,26,27)/t16-,23-. The molecule has 0 amide bonds. The van der Waals surface area contributed by atoms with Crippen LogP contribution in [0.15, 0.2) is 42.5 Å². The van der Waals surface area contributed by atoms with Crippen molar-refractivity contribution in [2.24, 2.45) is 5.92 Å². The van der Waals surface area contributed by atoms with Gasteiger partial charge in [0, 0.05) is 5.56 Å². The van der Waals surface area contributed by atoms with Gasteiger partial charge < -0.3 is 5.11 Å². The summed E-state index contributed by atoms with van der Waals surface area (Å²) in [5.74, 6) is -0.707. The number of carbonyl (C=O) groups is 1. The third kappa shape index (κ3) is 3.73. The summed E-state index contributed by atoms with van der Waals surface area (Å²) in [6.45, 7) is 2.15. The Morgan fingerprint density at radius 1 is 1.22 bits per heavy atom. The van der Waals surface area contributed by atoms with Gasteiger partial charge in [-0.15, -0.1) is 0 Å². The lowest BCUT2D eigenvalue weighted by Gasteiger charge is -2.37. The molecule has 3 nitrogen and oxygen atoms in total. The van der Waals surface area contributed by atoms with E-state index in [9.17, 15) is 14.3 Å². The summed E-state index contributed by atoms with van der Waals surface area (Å²) in [6, 6.07) is 13.6. The van der Waals surface area contributed by atoms with Gasteiger partial charge in [0.2, 0.25) is 0 Å². The second kappa shape index (κ2) is 7.92. The van der Waals surface area contributed by atoms with Crippen molar-refractivity contribution in [1.29, 1.82) is 5.26 Å². The third-order valence-corrected chi connectivity index (χ3v) is 5.91. The van der Waals surface area contributed by atoms with Gasteiger partial charge in [-0.3, -0.25) is 4.79 Å². The minimum Gasteiger partial charge on any atom is -0.481 e. The number of rotatable bonds is 5. The number of nitrogens with zero attached hydrogens (tertiary/aromatic N) is 1. The summed E-state index contributed by atoms with van der Waals surface area (Å²) in [4.78, 5) is 12.1. The molecule has 0 bridgehead atoms. The van der Waals surface area contributed by atoms with Crippen LogP contribution >= 0.6 is 0 Å². The van der Waals surface area contributed by atoms with Crippen molar-refractivity contribution in [3.05, 3.63) is 59.4 Å². The predicted molar refractivity (Wildman–Crippen MR) is 103 cm³/mol. The molecular weight excluding hydrogens is 341 g/mol. The smallest absolute Gasteiger partial charge is 0.314 e. The van der Waals surface area contributed by atoms with Crippen molar-refractivity contribution in [1.82, 2.24) is 0 Å². The lowest BCUT2D eigenvalue weighted by atomic mass is 9.66. The molecule has 0 unspecified atom stereocenters. The van der Waals surface area contributed by atoms with Crippen LogP contribution in [0.3, 0.4) is 0 Å². The Bertz CT molecular complexity index is 859. The van der Waals surface area contributed by atoms with E-state index < -0.39 is 17.2 Å². The van der Waals surface area contributed by atoms with Crippen LogP contribution in [-0.4, -0.2) is 11.1 Å². The Hall–Kier alpha value is -2.67. The summed E-state index contributed by atoms with van der Waals surface area (Å²) < 4.78 is 14.8. The highest BCUT2D eigenvalue weighted by molar-refractivity contribution is 5.82. The van der Waals surface area contributed by atoms with Crippen LogP contribution in [0, 0.1) is 23.1 Å². The van der Waals surface area contributed by atoms with Crippen LogP contribution in [0.2, 0.25) is 0 Å². The molecule has 1 aliphatic carbocycles. The number of carboxylic acid groups (broad SMARTS) is 1. The SMILES string of the molecule is CCC[C@H]1CC[C@@](C(=O)O)(c2ccc(-c3ccc(C#N)cc3)c(F)c2)CC1. The molecule has 3 rings (SSSR count). The number of aliphatic carboxylic acids is 1. The first-order valence-corrected chi connectivity index (χ1v) is 9.54. The largest absolute Gasteiger partial charge is 0.481 e. The molecule has 0 aromatic heterocycles. The van der Waals surface area contributed by atoms with Crippen LogP contribution in [0.25, 0.3) is 11.1 Å². The van der Waals surface area contributed by atoms with Gasteiger partial charge in [-0.1, -0.05) is 44.0 Å². The molecule has 1 aliphatic rings. The Balaban J connectivity index is 1.90. The van der Waals surface area contributed by atoms with Gasteiger partial charge in [-0.05, 0) is 60.9 Å². The molecule has 0 spiro atoms. The monoisotopic (exact) mass is 365 g/mol. The van der Waals surface area contributed by atoms with Crippen molar-refractivity contribution in [2.45, 2.75) is 50.9 Å². The molecule has 0 radical (unpaired) electrons. The Kier molecular flexibility index (Phi) is 5.60. The first kappa shape index (κ1) is 19.1. The molecule has 2 aromatic rings. The maximum absolute atomic E-state index is 14.8. The van der Waals surface area contributed by atoms with Crippen LogP contribution in [0.1, 0.15) is 56.6 Å². The van der Waals surface area contributed by atoms with E-state index in [1.807, 2.05) is 6.07 Å². The average molecular weight is 365 g/mol. The highest BCUT2D eigenvalue weighted by Crippen LogP contribution is 2.44. The molecule has 27 heavy (non-hydrogen) atoms. The molecule has 0 saturated heterocycles. The second-order valence-electron chi connectivity index (χ2n) is 7.50. The molecule has 0 aliphatic heterocycles. The Labute approximate surface area is 159 Å². The van der Waals surface area contributed by atoms with E-state index in [4.69, 9.17) is 5.26 Å². The van der Waals surface area contributed by atoms with Gasteiger partial charge in [-0.25, -0.2) is 4.39 Å². The minimum absolute atomic E-state index is 0.420. The van der Waals surface area contributed by atoms with E-state index in [1.165, 1.54) is 6.07 Å². The van der Waals surface area contributed by atoms with E-state index in [2.05, 4.69) is 6.92 Å². The molecule has 0 atom stereocenters. The van der Waals surface area contributed by atoms with Crippen LogP contribution in [0.4, 0.5) is 4.39 Å². The Morgan fingerprint density at radius 2 is 1.89 bits per heavy atom. The summed E-state index contributed by atoms with van der Waals surface area (Å²) in [5, 5.41) is 18.8. The highest BCUT2D eigenvalue weighted by Gasteiger charge is 2.43. The summed E-state index contributed by atoms with van der Waals surface area (Å²) in [7, 11) is 0. The van der Waals surface area contributed by atoms with E-state index in [0.29, 0.717) is 41.0 Å². The van der Waals surface area contributed by atoms with E-state index >= 15 is 0 Å². The first-order chi connectivity index (χ1) is 13.0. The lowest BCUT2D eigenvalue weighted by Crippen LogP contribution is -2.39. The van der Waals surface area contributed by atoms with Crippen molar-refractivity contribution in [2.75, 3.05) is 0 Å². The van der Waals surface area contributed by atoms with Crippen molar-refractivity contribution in [3.8, 4) is 17.2 Å². The fraction of sp³-hybridized carbons (Fsp3) is 0.391. The number of halogens is 1. The van der Waals surface area contributed by atoms with Gasteiger partial charge in [-0.2, -0.15) is 5.26 Å². The lowest BCUT2D eigenvalue weighted by molar-refractivity contribution is -0.145. The van der Waals surface area contributed by atoms with Gasteiger partial charge in [0.1, 0.15) is 5.82 Å². The fourth-order valence-corrected chi connectivity index (χ4v) is 4.26. The maximum atomic E-state index is 14.8. The molecule has 2 aromatic carbocycles. The zero-order valence-corrected chi connectivity index (χ0v) is 15.5. The van der Waals surface area contributed by atoms with Crippen molar-refractivity contribution < 1.29 is 14.3 Å². The van der Waals surface area contributed by atoms with Gasteiger partial charge >= 0.3 is 5.97 Å². The summed E-state index contributed by atoms with van der Waals surface area (Å²) in [6.07, 6.45) is 5.10. The van der Waals surface area contributed by atoms with E-state index in [1.54, 1.807) is 36.4 Å². The molecule has 1 N–H and O–H groups in total. The predicted octanol–water partition coefficient (Wildman–Crippen LogP) is 5.68. The van der Waals surface area contributed by atoms with Crippen molar-refractivity contribution >= 4 is 5.97 Å². The topological polar surface area (TPSA) is 61.1 Å². The van der Waals surface area contributed by atoms with Gasteiger partial charge in [0.15, 0.2) is 0 Å². The molecular formula is C23H24FNO2. The molecule has 140 valence electrons. The second-order valence-corrected chi connectivity index (χ2v) is 7.50. The summed E-state index contributed by atoms with van der Waals surface area (Å²) >= 11 is 0. The zero-order valence-electron chi connectivity index (χ0n) is 15.5. The van der Waals surface area contributed by atoms with Crippen LogP contribution in [-0.2, 0) is 10.2 Å². The maximum Gasteiger partial charge on any atom is 0.314 e. The highest BCUT2D eigenvalue weighted by atomic mass is 19.1. The number of hydrogen-bond donors (Lipinski definition) is 1. The molecule has 1 fully saturated rings. The number of benzene rings is 2. The third-order valence-electron chi connectivity index (χ3n) is 5.91. The van der Waals surface area contributed by atoms with Crippen LogP contribution < -0.4 is 0 Å². The van der Waals surface area contributed by atoms with Gasteiger partial charge in [0.25, 0.3) is 0 Å². The fourth-order valence-electron chi connectivity index (χ4n) is 4.26. The van der Waals surface area contributed by atoms with Gasteiger partial charge in [0.05, 0.1) is 17.0 Å². The zero-order chi connectivity index (χ0) is 19.4. The number of nitriles is 1. The number of hydrogen-bond acceptors (Lipinski definition) is 2. The normalized spacial score (nSPS) is 22.2. The summed E-state index contributed by atoms with van der Waals surface area (Å²) in [5.41, 5.74) is 1.18. The van der Waals surface area contributed by atoms with E-state index in [0.717, 1.165) is 25.7 Å². The molecule has 1 saturated carbocycles. The Morgan fingerprint density at radius 3 is 2.41 bits per heavy atom. The minimum atomic E-state index is -0.992. The molecule has 4 heteroatoms. The average Bonchev–Trinajstić information content (AvgIpc) is 2.69. The van der Waals surface area contributed by atoms with E-state index in [-0.39, 0.29) is 0 Å². The van der Waals surface area contributed by atoms with Crippen molar-refractivity contribution in [3.63, 3.8) is 0 Å². The number of carboxylic acids is 1. The molecule has 0 heterocycles. The quantitative estimate of drug-likeness (QED) is 0.742. The van der Waals surface area contributed by atoms with Crippen LogP contribution in [0.5, 0.6) is 0 Å². The first-order valence-electron chi connectivity index (χ1n) is 9.54.